The Kier molecular flexibility index (Phi) is 4.62. The smallest absolute Gasteiger partial charge is 0.251 e. The number of benzene rings is 1. The zero-order chi connectivity index (χ0) is 14.6. The van der Waals surface area contributed by atoms with Gasteiger partial charge in [-0.15, -0.1) is 0 Å². The molecule has 1 aromatic rings. The number of amides is 1. The number of nitrogens with one attached hydrogen (secondary N) is 1. The summed E-state index contributed by atoms with van der Waals surface area (Å²) in [5.74, 6) is 0.0776. The van der Waals surface area contributed by atoms with Gasteiger partial charge < -0.3 is 19.5 Å². The highest BCUT2D eigenvalue weighted by molar-refractivity contribution is 5.94. The van der Waals surface area contributed by atoms with Gasteiger partial charge in [0.05, 0.1) is 13.2 Å². The number of carbonyl (C=O) groups excluding carboxylic acids is 1. The highest BCUT2D eigenvalue weighted by Gasteiger charge is 2.32. The van der Waals surface area contributed by atoms with Gasteiger partial charge in [-0.05, 0) is 45.0 Å². The van der Waals surface area contributed by atoms with Crippen LogP contribution in [0, 0.1) is 0 Å². The van der Waals surface area contributed by atoms with Gasteiger partial charge in [-0.25, -0.2) is 0 Å². The van der Waals surface area contributed by atoms with E-state index in [1.54, 1.807) is 24.3 Å². The molecule has 1 heterocycles. The monoisotopic (exact) mass is 279 g/mol. The lowest BCUT2D eigenvalue weighted by Gasteiger charge is -2.17. The summed E-state index contributed by atoms with van der Waals surface area (Å²) in [4.78, 5) is 12.0. The molecule has 1 unspecified atom stereocenters. The van der Waals surface area contributed by atoms with Crippen LogP contribution in [0.2, 0.25) is 0 Å². The molecule has 0 saturated carbocycles. The quantitative estimate of drug-likeness (QED) is 0.895. The molecule has 1 N–H and O–H groups in total. The summed E-state index contributed by atoms with van der Waals surface area (Å²) >= 11 is 0. The summed E-state index contributed by atoms with van der Waals surface area (Å²) < 4.78 is 16.4. The number of carbonyl (C=O) groups is 1. The van der Waals surface area contributed by atoms with Crippen LogP contribution in [0.15, 0.2) is 24.3 Å². The van der Waals surface area contributed by atoms with Gasteiger partial charge in [-0.3, -0.25) is 4.79 Å². The molecular formula is C15H21NO4. The summed E-state index contributed by atoms with van der Waals surface area (Å²) in [6, 6.07) is 7.07. The normalized spacial score (nSPS) is 20.6. The van der Waals surface area contributed by atoms with Crippen molar-refractivity contribution in [1.82, 2.24) is 5.32 Å². The van der Waals surface area contributed by atoms with Crippen molar-refractivity contribution in [3.05, 3.63) is 29.8 Å². The molecule has 0 aliphatic carbocycles. The minimum atomic E-state index is -0.561. The summed E-state index contributed by atoms with van der Waals surface area (Å²) in [5, 5.41) is 2.85. The van der Waals surface area contributed by atoms with Crippen molar-refractivity contribution in [2.24, 2.45) is 0 Å². The molecule has 0 bridgehead atoms. The molecular weight excluding hydrogens is 258 g/mol. The van der Waals surface area contributed by atoms with Crippen molar-refractivity contribution in [1.29, 1.82) is 0 Å². The minimum absolute atomic E-state index is 0.100. The maximum Gasteiger partial charge on any atom is 0.251 e. The lowest BCUT2D eigenvalue weighted by Crippen LogP contribution is -2.34. The Bertz CT molecular complexity index is 455. The van der Waals surface area contributed by atoms with E-state index in [2.05, 4.69) is 5.32 Å². The highest BCUT2D eigenvalue weighted by atomic mass is 16.7. The Morgan fingerprint density at radius 1 is 1.40 bits per heavy atom. The van der Waals surface area contributed by atoms with Crippen LogP contribution < -0.4 is 10.1 Å². The molecule has 2 rings (SSSR count). The van der Waals surface area contributed by atoms with Crippen LogP contribution in [0.3, 0.4) is 0 Å². The molecule has 5 nitrogen and oxygen atoms in total. The highest BCUT2D eigenvalue weighted by Crippen LogP contribution is 2.21. The standard InChI is InChI=1S/C15H21NO4/c1-4-18-12-7-5-11(6-8-12)14(17)16-9-13-10-19-15(2,3)20-13/h5-8,13H,4,9-10H2,1-3H3,(H,16,17). The zero-order valence-corrected chi connectivity index (χ0v) is 12.1. The van der Waals surface area contributed by atoms with E-state index in [-0.39, 0.29) is 12.0 Å². The molecule has 1 aromatic carbocycles. The molecule has 5 heteroatoms. The number of rotatable bonds is 5. The van der Waals surface area contributed by atoms with Gasteiger partial charge in [0.1, 0.15) is 11.9 Å². The van der Waals surface area contributed by atoms with Crippen molar-refractivity contribution in [3.63, 3.8) is 0 Å². The fraction of sp³-hybridized carbons (Fsp3) is 0.533. The second-order valence-electron chi connectivity index (χ2n) is 5.12. The Hall–Kier alpha value is -1.59. The Labute approximate surface area is 119 Å². The van der Waals surface area contributed by atoms with Gasteiger partial charge in [-0.2, -0.15) is 0 Å². The molecule has 0 spiro atoms. The number of hydrogen-bond acceptors (Lipinski definition) is 4. The summed E-state index contributed by atoms with van der Waals surface area (Å²) in [5.41, 5.74) is 0.603. The van der Waals surface area contributed by atoms with E-state index >= 15 is 0 Å². The van der Waals surface area contributed by atoms with Crippen LogP contribution in [0.1, 0.15) is 31.1 Å². The van der Waals surface area contributed by atoms with E-state index in [1.807, 2.05) is 20.8 Å². The predicted octanol–water partition coefficient (Wildman–Crippen LogP) is 1.97. The first-order valence-corrected chi connectivity index (χ1v) is 6.83. The molecule has 1 fully saturated rings. The third-order valence-corrected chi connectivity index (χ3v) is 2.99. The summed E-state index contributed by atoms with van der Waals surface area (Å²) in [6.45, 7) is 7.20. The first kappa shape index (κ1) is 14.8. The molecule has 1 atom stereocenters. The Morgan fingerprint density at radius 2 is 2.10 bits per heavy atom. The maximum atomic E-state index is 12.0. The van der Waals surface area contributed by atoms with Gasteiger partial charge in [0.25, 0.3) is 5.91 Å². The van der Waals surface area contributed by atoms with E-state index in [0.717, 1.165) is 5.75 Å². The van der Waals surface area contributed by atoms with Gasteiger partial charge >= 0.3 is 0 Å². The van der Waals surface area contributed by atoms with E-state index < -0.39 is 5.79 Å². The van der Waals surface area contributed by atoms with Crippen LogP contribution in [-0.2, 0) is 9.47 Å². The second kappa shape index (κ2) is 6.24. The first-order chi connectivity index (χ1) is 9.50. The lowest BCUT2D eigenvalue weighted by atomic mass is 10.2. The molecule has 0 radical (unpaired) electrons. The van der Waals surface area contributed by atoms with E-state index in [4.69, 9.17) is 14.2 Å². The topological polar surface area (TPSA) is 56.8 Å². The van der Waals surface area contributed by atoms with Gasteiger partial charge in [-0.1, -0.05) is 0 Å². The fourth-order valence-electron chi connectivity index (χ4n) is 2.04. The zero-order valence-electron chi connectivity index (χ0n) is 12.1. The minimum Gasteiger partial charge on any atom is -0.494 e. The number of hydrogen-bond donors (Lipinski definition) is 1. The van der Waals surface area contributed by atoms with Crippen molar-refractivity contribution >= 4 is 5.91 Å². The molecule has 20 heavy (non-hydrogen) atoms. The Morgan fingerprint density at radius 3 is 2.65 bits per heavy atom. The van der Waals surface area contributed by atoms with Crippen molar-refractivity contribution in [2.75, 3.05) is 19.8 Å². The predicted molar refractivity (Wildman–Crippen MR) is 74.8 cm³/mol. The lowest BCUT2D eigenvalue weighted by molar-refractivity contribution is -0.137. The molecule has 110 valence electrons. The second-order valence-corrected chi connectivity index (χ2v) is 5.12. The largest absolute Gasteiger partial charge is 0.494 e. The van der Waals surface area contributed by atoms with E-state index in [9.17, 15) is 4.79 Å². The van der Waals surface area contributed by atoms with Crippen LogP contribution in [0.25, 0.3) is 0 Å². The van der Waals surface area contributed by atoms with Gasteiger partial charge in [0, 0.05) is 12.1 Å². The third-order valence-electron chi connectivity index (χ3n) is 2.99. The van der Waals surface area contributed by atoms with Crippen LogP contribution in [0.4, 0.5) is 0 Å². The fourth-order valence-corrected chi connectivity index (χ4v) is 2.04. The van der Waals surface area contributed by atoms with E-state index in [1.165, 1.54) is 0 Å². The molecule has 1 saturated heterocycles. The number of ether oxygens (including phenoxy) is 3. The van der Waals surface area contributed by atoms with Crippen LogP contribution in [-0.4, -0.2) is 37.6 Å². The summed E-state index contributed by atoms with van der Waals surface area (Å²) in [7, 11) is 0. The molecule has 1 amide bonds. The third kappa shape index (κ3) is 3.95. The molecule has 1 aliphatic heterocycles. The maximum absolute atomic E-state index is 12.0. The van der Waals surface area contributed by atoms with Crippen molar-refractivity contribution in [2.45, 2.75) is 32.7 Å². The molecule has 0 aromatic heterocycles. The molecule has 1 aliphatic rings. The van der Waals surface area contributed by atoms with Crippen molar-refractivity contribution in [3.8, 4) is 5.75 Å². The van der Waals surface area contributed by atoms with Crippen molar-refractivity contribution < 1.29 is 19.0 Å². The van der Waals surface area contributed by atoms with Crippen LogP contribution >= 0.6 is 0 Å². The van der Waals surface area contributed by atoms with E-state index in [0.29, 0.717) is 25.3 Å². The average molecular weight is 279 g/mol. The van der Waals surface area contributed by atoms with Gasteiger partial charge in [0.2, 0.25) is 0 Å². The average Bonchev–Trinajstić information content (AvgIpc) is 2.77. The SMILES string of the molecule is CCOc1ccc(C(=O)NCC2COC(C)(C)O2)cc1. The first-order valence-electron chi connectivity index (χ1n) is 6.83. The van der Waals surface area contributed by atoms with Crippen LogP contribution in [0.5, 0.6) is 5.75 Å². The van der Waals surface area contributed by atoms with Gasteiger partial charge in [0.15, 0.2) is 5.79 Å². The summed E-state index contributed by atoms with van der Waals surface area (Å²) in [6.07, 6.45) is -0.100. The Balaban J connectivity index is 1.83.